The largest absolute Gasteiger partial charge is 0.469 e. The molecule has 0 bridgehead atoms. The highest BCUT2D eigenvalue weighted by Crippen LogP contribution is 2.19. The molecule has 1 aliphatic heterocycles. The molecule has 0 radical (unpaired) electrons. The molecule has 0 amide bonds. The lowest BCUT2D eigenvalue weighted by atomic mass is 9.95. The molecule has 0 atom stereocenters. The maximum Gasteiger partial charge on any atom is 0.305 e. The van der Waals surface area contributed by atoms with Crippen LogP contribution in [0.25, 0.3) is 0 Å². The minimum atomic E-state index is -0.885. The fourth-order valence-electron chi connectivity index (χ4n) is 1.48. The van der Waals surface area contributed by atoms with E-state index in [1.165, 1.54) is 7.11 Å². The van der Waals surface area contributed by atoms with Crippen molar-refractivity contribution < 1.29 is 19.4 Å². The molecule has 0 aromatic heterocycles. The van der Waals surface area contributed by atoms with Gasteiger partial charge in [-0.3, -0.25) is 4.79 Å². The van der Waals surface area contributed by atoms with E-state index >= 15 is 0 Å². The molecular formula is C14H22O4. The number of hydrogen-bond acceptors (Lipinski definition) is 4. The van der Waals surface area contributed by atoms with Crippen LogP contribution in [0.1, 0.15) is 32.1 Å². The lowest BCUT2D eigenvalue weighted by Gasteiger charge is -2.26. The molecule has 1 heterocycles. The summed E-state index contributed by atoms with van der Waals surface area (Å²) < 4.78 is 9.66. The second kappa shape index (κ2) is 9.69. The Hall–Kier alpha value is -1.31. The number of rotatable bonds is 3. The van der Waals surface area contributed by atoms with Gasteiger partial charge in [-0.05, 0) is 6.42 Å². The van der Waals surface area contributed by atoms with Crippen LogP contribution in [0.2, 0.25) is 0 Å². The first-order valence-electron chi connectivity index (χ1n) is 6.03. The lowest BCUT2D eigenvalue weighted by molar-refractivity contribution is -0.140. The topological polar surface area (TPSA) is 55.8 Å². The van der Waals surface area contributed by atoms with E-state index in [2.05, 4.69) is 29.7 Å². The molecule has 1 aliphatic rings. The number of esters is 1. The summed E-state index contributed by atoms with van der Waals surface area (Å²) >= 11 is 0. The van der Waals surface area contributed by atoms with Crippen LogP contribution in [0.5, 0.6) is 0 Å². The van der Waals surface area contributed by atoms with E-state index in [1.54, 1.807) is 0 Å². The maximum absolute atomic E-state index is 10.8. The van der Waals surface area contributed by atoms with E-state index in [1.807, 2.05) is 0 Å². The van der Waals surface area contributed by atoms with Gasteiger partial charge in [-0.1, -0.05) is 5.92 Å². The monoisotopic (exact) mass is 254 g/mol. The number of hydrogen-bond donors (Lipinski definition) is 1. The first kappa shape index (κ1) is 16.7. The summed E-state index contributed by atoms with van der Waals surface area (Å²) in [6, 6.07) is 0. The summed E-state index contributed by atoms with van der Waals surface area (Å²) in [5.74, 6) is 5.56. The van der Waals surface area contributed by atoms with Crippen molar-refractivity contribution in [2.75, 3.05) is 20.3 Å². The Morgan fingerprint density at radius 1 is 1.44 bits per heavy atom. The van der Waals surface area contributed by atoms with Crippen molar-refractivity contribution in [3.05, 3.63) is 13.2 Å². The number of aliphatic hydroxyl groups is 1. The van der Waals surface area contributed by atoms with Gasteiger partial charge in [-0.25, -0.2) is 0 Å². The Balaban J connectivity index is 0.00000137. The average Bonchev–Trinajstić information content (AvgIpc) is 2.41. The first-order valence-corrected chi connectivity index (χ1v) is 6.03. The smallest absolute Gasteiger partial charge is 0.305 e. The van der Waals surface area contributed by atoms with Gasteiger partial charge in [0, 0.05) is 25.7 Å². The minimum Gasteiger partial charge on any atom is -0.469 e. The number of methoxy groups -OCH3 is 1. The summed E-state index contributed by atoms with van der Waals surface area (Å²) in [6.07, 6.45) is 2.80. The van der Waals surface area contributed by atoms with Crippen LogP contribution in [-0.2, 0) is 14.3 Å². The molecule has 0 spiro atoms. The zero-order valence-electron chi connectivity index (χ0n) is 11.0. The highest BCUT2D eigenvalue weighted by molar-refractivity contribution is 5.69. The Kier molecular flexibility index (Phi) is 8.99. The van der Waals surface area contributed by atoms with Crippen molar-refractivity contribution in [1.29, 1.82) is 0 Å². The van der Waals surface area contributed by atoms with Gasteiger partial charge in [0.2, 0.25) is 0 Å². The normalized spacial score (nSPS) is 16.6. The molecule has 0 aromatic carbocycles. The van der Waals surface area contributed by atoms with Gasteiger partial charge >= 0.3 is 5.97 Å². The van der Waals surface area contributed by atoms with Crippen molar-refractivity contribution >= 4 is 5.97 Å². The Morgan fingerprint density at radius 2 is 2.06 bits per heavy atom. The zero-order chi connectivity index (χ0) is 13.9. The van der Waals surface area contributed by atoms with E-state index in [4.69, 9.17) is 4.74 Å². The van der Waals surface area contributed by atoms with Crippen LogP contribution in [0, 0.1) is 11.8 Å². The Bertz CT molecular complexity index is 295. The summed E-state index contributed by atoms with van der Waals surface area (Å²) in [7, 11) is 1.37. The molecule has 0 aromatic rings. The quantitative estimate of drug-likeness (QED) is 0.360. The molecule has 1 N–H and O–H groups in total. The van der Waals surface area contributed by atoms with E-state index in [0.717, 1.165) is 0 Å². The van der Waals surface area contributed by atoms with Crippen LogP contribution >= 0.6 is 0 Å². The van der Waals surface area contributed by atoms with Crippen molar-refractivity contribution in [3.8, 4) is 11.8 Å². The molecular weight excluding hydrogens is 232 g/mol. The SMILES string of the molecule is C=C.COC(=O)CCCC#CC1(O)CCOCC1. The molecule has 18 heavy (non-hydrogen) atoms. The summed E-state index contributed by atoms with van der Waals surface area (Å²) in [5, 5.41) is 9.98. The van der Waals surface area contributed by atoms with Gasteiger partial charge in [0.25, 0.3) is 0 Å². The summed E-state index contributed by atoms with van der Waals surface area (Å²) in [4.78, 5) is 10.8. The number of ether oxygens (including phenoxy) is 2. The third-order valence-electron chi connectivity index (χ3n) is 2.55. The number of carbonyl (C=O) groups is 1. The van der Waals surface area contributed by atoms with Gasteiger partial charge in [-0.2, -0.15) is 0 Å². The summed E-state index contributed by atoms with van der Waals surface area (Å²) in [5.41, 5.74) is -0.885. The van der Waals surface area contributed by atoms with Gasteiger partial charge < -0.3 is 14.6 Å². The molecule has 1 saturated heterocycles. The Labute approximate surface area is 109 Å². The standard InChI is InChI=1S/C12H18O4.C2H4/c1-15-11(13)5-3-2-4-6-12(14)7-9-16-10-8-12;1-2/h14H,2-3,5,7-10H2,1H3;1-2H2. The van der Waals surface area contributed by atoms with Crippen molar-refractivity contribution in [2.45, 2.75) is 37.7 Å². The third kappa shape index (κ3) is 7.10. The lowest BCUT2D eigenvalue weighted by Crippen LogP contribution is -2.34. The predicted octanol–water partition coefficient (Wildman–Crippen LogP) is 1.68. The van der Waals surface area contributed by atoms with Crippen molar-refractivity contribution in [3.63, 3.8) is 0 Å². The van der Waals surface area contributed by atoms with Crippen LogP contribution in [0.4, 0.5) is 0 Å². The minimum absolute atomic E-state index is 0.216. The fraction of sp³-hybridized carbons (Fsp3) is 0.643. The van der Waals surface area contributed by atoms with Crippen molar-refractivity contribution in [1.82, 2.24) is 0 Å². The predicted molar refractivity (Wildman–Crippen MR) is 69.9 cm³/mol. The molecule has 102 valence electrons. The van der Waals surface area contributed by atoms with E-state index in [0.29, 0.717) is 45.3 Å². The fourth-order valence-corrected chi connectivity index (χ4v) is 1.48. The highest BCUT2D eigenvalue weighted by Gasteiger charge is 2.26. The van der Waals surface area contributed by atoms with Gasteiger partial charge in [-0.15, -0.1) is 19.1 Å². The molecule has 0 aliphatic carbocycles. The van der Waals surface area contributed by atoms with E-state index in [-0.39, 0.29) is 5.97 Å². The molecule has 0 saturated carbocycles. The van der Waals surface area contributed by atoms with Gasteiger partial charge in [0.15, 0.2) is 0 Å². The first-order chi connectivity index (χ1) is 8.66. The number of carbonyl (C=O) groups excluding carboxylic acids is 1. The molecule has 4 heteroatoms. The third-order valence-corrected chi connectivity index (χ3v) is 2.55. The van der Waals surface area contributed by atoms with Gasteiger partial charge in [0.05, 0.1) is 20.3 Å². The summed E-state index contributed by atoms with van der Waals surface area (Å²) in [6.45, 7) is 7.13. The van der Waals surface area contributed by atoms with E-state index in [9.17, 15) is 9.90 Å². The van der Waals surface area contributed by atoms with Crippen LogP contribution in [-0.4, -0.2) is 37.0 Å². The van der Waals surface area contributed by atoms with Crippen LogP contribution in [0.15, 0.2) is 13.2 Å². The second-order valence-electron chi connectivity index (χ2n) is 3.88. The maximum atomic E-state index is 10.8. The molecule has 1 fully saturated rings. The molecule has 4 nitrogen and oxygen atoms in total. The van der Waals surface area contributed by atoms with E-state index < -0.39 is 5.60 Å². The van der Waals surface area contributed by atoms with Crippen LogP contribution < -0.4 is 0 Å². The van der Waals surface area contributed by atoms with Crippen LogP contribution in [0.3, 0.4) is 0 Å². The molecule has 0 unspecified atom stereocenters. The Morgan fingerprint density at radius 3 is 2.61 bits per heavy atom. The highest BCUT2D eigenvalue weighted by atomic mass is 16.5. The van der Waals surface area contributed by atoms with Crippen molar-refractivity contribution in [2.24, 2.45) is 0 Å². The second-order valence-corrected chi connectivity index (χ2v) is 3.88. The average molecular weight is 254 g/mol. The number of unbranched alkanes of at least 4 members (excludes halogenated alkanes) is 1. The molecule has 1 rings (SSSR count). The van der Waals surface area contributed by atoms with Gasteiger partial charge in [0.1, 0.15) is 5.60 Å². The zero-order valence-corrected chi connectivity index (χ0v) is 11.0.